The number of sulfonamides is 1. The number of carbonyl (C=O) groups is 2. The molecule has 0 aromatic heterocycles. The average molecular weight is 453 g/mol. The molecule has 11 nitrogen and oxygen atoms in total. The Hall–Kier alpha value is -2.22. The van der Waals surface area contributed by atoms with Crippen LogP contribution in [0, 0.1) is 0 Å². The third kappa shape index (κ3) is 7.61. The van der Waals surface area contributed by atoms with Crippen LogP contribution in [-0.2, 0) is 34.2 Å². The summed E-state index contributed by atoms with van der Waals surface area (Å²) in [5, 5.41) is 0. The van der Waals surface area contributed by atoms with Gasteiger partial charge in [0, 0.05) is 13.4 Å². The predicted octanol–water partition coefficient (Wildman–Crippen LogP) is 1.30. The lowest BCUT2D eigenvalue weighted by Crippen LogP contribution is -2.45. The van der Waals surface area contributed by atoms with Gasteiger partial charge in [0.05, 0.1) is 18.0 Å². The minimum atomic E-state index is -4.57. The molecule has 1 aromatic rings. The van der Waals surface area contributed by atoms with E-state index in [2.05, 4.69) is 4.84 Å². The molecule has 1 rings (SSSR count). The standard InChI is InChI=1S/C16H24N2O9S2/c1-16(2,3)26-14(19)18(10-11-25-4)15(20)27-17-29(23,24)13-9-7-6-8-12(13)28(5,21)22/h6-9,17H,10-11H2,1-5H3. The van der Waals surface area contributed by atoms with Gasteiger partial charge in [-0.05, 0) is 37.8 Å². The summed E-state index contributed by atoms with van der Waals surface area (Å²) < 4.78 is 58.3. The van der Waals surface area contributed by atoms with E-state index in [1.54, 1.807) is 20.8 Å². The molecule has 1 aromatic carbocycles. The number of carbonyl (C=O) groups excluding carboxylic acids is 2. The summed E-state index contributed by atoms with van der Waals surface area (Å²) in [7, 11) is -7.11. The number of sulfone groups is 1. The first kappa shape index (κ1) is 24.8. The van der Waals surface area contributed by atoms with Crippen molar-refractivity contribution in [1.82, 2.24) is 9.79 Å². The maximum absolute atomic E-state index is 12.4. The molecule has 0 saturated heterocycles. The van der Waals surface area contributed by atoms with Gasteiger partial charge in [-0.2, -0.15) is 0 Å². The van der Waals surface area contributed by atoms with Crippen LogP contribution in [0.25, 0.3) is 0 Å². The van der Waals surface area contributed by atoms with E-state index < -0.39 is 47.4 Å². The molecular formula is C16H24N2O9S2. The molecule has 0 saturated carbocycles. The lowest BCUT2D eigenvalue weighted by molar-refractivity contribution is 0.0139. The molecule has 0 unspecified atom stereocenters. The lowest BCUT2D eigenvalue weighted by atomic mass is 10.2. The van der Waals surface area contributed by atoms with Gasteiger partial charge in [-0.25, -0.2) is 31.3 Å². The first-order chi connectivity index (χ1) is 13.2. The van der Waals surface area contributed by atoms with Crippen LogP contribution in [0.15, 0.2) is 34.1 Å². The SMILES string of the molecule is COCCN(C(=O)ONS(=O)(=O)c1ccccc1S(C)(=O)=O)C(=O)OC(C)(C)C. The molecule has 2 amide bonds. The predicted molar refractivity (Wildman–Crippen MR) is 101 cm³/mol. The van der Waals surface area contributed by atoms with Crippen LogP contribution in [0.4, 0.5) is 9.59 Å². The van der Waals surface area contributed by atoms with E-state index in [4.69, 9.17) is 9.47 Å². The second kappa shape index (κ2) is 9.52. The van der Waals surface area contributed by atoms with Crippen LogP contribution in [0.5, 0.6) is 0 Å². The Bertz CT molecular complexity index is 951. The van der Waals surface area contributed by atoms with Crippen molar-refractivity contribution >= 4 is 32.0 Å². The molecule has 29 heavy (non-hydrogen) atoms. The Morgan fingerprint density at radius 3 is 2.07 bits per heavy atom. The highest BCUT2D eigenvalue weighted by Gasteiger charge is 2.31. The molecule has 0 heterocycles. The molecule has 0 bridgehead atoms. The Morgan fingerprint density at radius 2 is 1.59 bits per heavy atom. The average Bonchev–Trinajstić information content (AvgIpc) is 2.58. The molecule has 0 fully saturated rings. The van der Waals surface area contributed by atoms with Gasteiger partial charge in [0.15, 0.2) is 9.84 Å². The molecule has 164 valence electrons. The Morgan fingerprint density at radius 1 is 1.03 bits per heavy atom. The van der Waals surface area contributed by atoms with Crippen LogP contribution in [0.2, 0.25) is 0 Å². The maximum Gasteiger partial charge on any atom is 0.439 e. The van der Waals surface area contributed by atoms with E-state index in [0.717, 1.165) is 18.4 Å². The Labute approximate surface area is 169 Å². The highest BCUT2D eigenvalue weighted by molar-refractivity contribution is 7.93. The summed E-state index contributed by atoms with van der Waals surface area (Å²) >= 11 is 0. The molecule has 0 atom stereocenters. The first-order valence-corrected chi connectivity index (χ1v) is 11.6. The fourth-order valence-electron chi connectivity index (χ4n) is 1.93. The molecule has 0 radical (unpaired) electrons. The van der Waals surface area contributed by atoms with Crippen molar-refractivity contribution in [3.8, 4) is 0 Å². The highest BCUT2D eigenvalue weighted by atomic mass is 32.2. The second-order valence-corrected chi connectivity index (χ2v) is 10.4. The van der Waals surface area contributed by atoms with Gasteiger partial charge < -0.3 is 14.3 Å². The molecular weight excluding hydrogens is 428 g/mol. The summed E-state index contributed by atoms with van der Waals surface area (Å²) in [6.07, 6.45) is -1.62. The van der Waals surface area contributed by atoms with E-state index in [0.29, 0.717) is 4.90 Å². The normalized spacial score (nSPS) is 12.3. The van der Waals surface area contributed by atoms with Gasteiger partial charge in [-0.3, -0.25) is 0 Å². The third-order valence-electron chi connectivity index (χ3n) is 3.13. The number of hydrogen-bond acceptors (Lipinski definition) is 9. The maximum atomic E-state index is 12.4. The van der Waals surface area contributed by atoms with Gasteiger partial charge >= 0.3 is 12.2 Å². The van der Waals surface area contributed by atoms with Crippen LogP contribution in [0.3, 0.4) is 0 Å². The summed E-state index contributed by atoms with van der Waals surface area (Å²) in [4.78, 5) is 29.9. The highest BCUT2D eigenvalue weighted by Crippen LogP contribution is 2.20. The molecule has 0 aliphatic heterocycles. The molecule has 0 aliphatic carbocycles. The Kier molecular flexibility index (Phi) is 8.15. The van der Waals surface area contributed by atoms with Crippen molar-refractivity contribution in [2.24, 2.45) is 0 Å². The number of hydrogen-bond donors (Lipinski definition) is 1. The quantitative estimate of drug-likeness (QED) is 0.605. The third-order valence-corrected chi connectivity index (χ3v) is 5.65. The Balaban J connectivity index is 3.04. The van der Waals surface area contributed by atoms with Crippen molar-refractivity contribution in [1.29, 1.82) is 0 Å². The number of rotatable bonds is 7. The summed E-state index contributed by atoms with van der Waals surface area (Å²) in [5.74, 6) is 0. The smallest absolute Gasteiger partial charge is 0.439 e. The molecule has 13 heteroatoms. The van der Waals surface area contributed by atoms with Crippen molar-refractivity contribution in [3.05, 3.63) is 24.3 Å². The zero-order valence-electron chi connectivity index (χ0n) is 16.7. The summed E-state index contributed by atoms with van der Waals surface area (Å²) in [5.41, 5.74) is -0.920. The second-order valence-electron chi connectivity index (χ2n) is 6.80. The largest absolute Gasteiger partial charge is 0.443 e. The van der Waals surface area contributed by atoms with Crippen LogP contribution < -0.4 is 4.89 Å². The number of nitrogens with one attached hydrogen (secondary N) is 1. The van der Waals surface area contributed by atoms with Crippen molar-refractivity contribution in [3.63, 3.8) is 0 Å². The minimum absolute atomic E-state index is 0.0575. The van der Waals surface area contributed by atoms with Gasteiger partial charge in [0.25, 0.3) is 10.0 Å². The molecule has 0 aliphatic rings. The number of ether oxygens (including phenoxy) is 2. The zero-order chi connectivity index (χ0) is 22.5. The topological polar surface area (TPSA) is 145 Å². The minimum Gasteiger partial charge on any atom is -0.443 e. The van der Waals surface area contributed by atoms with E-state index in [9.17, 15) is 26.4 Å². The van der Waals surface area contributed by atoms with Gasteiger partial charge in [-0.1, -0.05) is 12.1 Å². The first-order valence-electron chi connectivity index (χ1n) is 8.20. The van der Waals surface area contributed by atoms with E-state index in [1.807, 2.05) is 0 Å². The van der Waals surface area contributed by atoms with Crippen molar-refractivity contribution in [2.45, 2.75) is 36.2 Å². The lowest BCUT2D eigenvalue weighted by Gasteiger charge is -2.25. The van der Waals surface area contributed by atoms with Gasteiger partial charge in [-0.15, -0.1) is 0 Å². The number of methoxy groups -OCH3 is 1. The van der Waals surface area contributed by atoms with E-state index >= 15 is 0 Å². The monoisotopic (exact) mass is 452 g/mol. The zero-order valence-corrected chi connectivity index (χ0v) is 18.3. The fourth-order valence-corrected chi connectivity index (χ4v) is 4.33. The number of imide groups is 1. The van der Waals surface area contributed by atoms with Crippen LogP contribution in [0.1, 0.15) is 20.8 Å². The molecule has 0 spiro atoms. The fraction of sp³-hybridized carbons (Fsp3) is 0.500. The number of nitrogens with zero attached hydrogens (tertiary/aromatic N) is 1. The summed E-state index contributed by atoms with van der Waals surface area (Å²) in [6, 6.07) is 4.77. The number of benzene rings is 1. The summed E-state index contributed by atoms with van der Waals surface area (Å²) in [6.45, 7) is 4.41. The van der Waals surface area contributed by atoms with Crippen molar-refractivity contribution in [2.75, 3.05) is 26.5 Å². The van der Waals surface area contributed by atoms with E-state index in [-0.39, 0.29) is 13.2 Å². The van der Waals surface area contributed by atoms with Crippen LogP contribution >= 0.6 is 0 Å². The van der Waals surface area contributed by atoms with E-state index in [1.165, 1.54) is 24.1 Å². The van der Waals surface area contributed by atoms with Crippen molar-refractivity contribution < 1.29 is 40.7 Å². The van der Waals surface area contributed by atoms with Gasteiger partial charge in [0.2, 0.25) is 0 Å². The van der Waals surface area contributed by atoms with Gasteiger partial charge in [0.1, 0.15) is 10.5 Å². The molecule has 1 N–H and O–H groups in total. The number of amides is 2. The van der Waals surface area contributed by atoms with Crippen LogP contribution in [-0.4, -0.2) is 66.0 Å².